The fraction of sp³-hybridized carbons (Fsp3) is 0.857. The predicted octanol–water partition coefficient (Wildman–Crippen LogP) is -0.258. The van der Waals surface area contributed by atoms with E-state index >= 15 is 0 Å². The SMILES string of the molecule is CN(CCN)CCCC(=O)O. The minimum absolute atomic E-state index is 0.245. The second kappa shape index (κ2) is 6.12. The molecule has 0 radical (unpaired) electrons. The third-order valence-electron chi connectivity index (χ3n) is 1.44. The number of carboxylic acids is 1. The van der Waals surface area contributed by atoms with Crippen molar-refractivity contribution < 1.29 is 9.90 Å². The van der Waals surface area contributed by atoms with E-state index < -0.39 is 5.97 Å². The highest BCUT2D eigenvalue weighted by atomic mass is 16.4. The van der Waals surface area contributed by atoms with E-state index in [9.17, 15) is 4.79 Å². The first-order valence-corrected chi connectivity index (χ1v) is 3.77. The molecular weight excluding hydrogens is 144 g/mol. The van der Waals surface area contributed by atoms with Gasteiger partial charge in [-0.3, -0.25) is 4.79 Å². The van der Waals surface area contributed by atoms with Crippen LogP contribution >= 0.6 is 0 Å². The van der Waals surface area contributed by atoms with E-state index in [-0.39, 0.29) is 6.42 Å². The Morgan fingerprint density at radius 1 is 1.55 bits per heavy atom. The van der Waals surface area contributed by atoms with Crippen molar-refractivity contribution in [1.82, 2.24) is 4.90 Å². The van der Waals surface area contributed by atoms with Gasteiger partial charge in [-0.15, -0.1) is 0 Å². The third kappa shape index (κ3) is 7.29. The average molecular weight is 160 g/mol. The lowest BCUT2D eigenvalue weighted by Gasteiger charge is -2.13. The molecule has 11 heavy (non-hydrogen) atoms. The molecule has 0 spiro atoms. The molecule has 0 fully saturated rings. The number of carboxylic acid groups (broad SMARTS) is 1. The Labute approximate surface area is 67.0 Å². The molecule has 4 heteroatoms. The molecule has 0 aliphatic heterocycles. The van der Waals surface area contributed by atoms with E-state index in [0.29, 0.717) is 13.0 Å². The summed E-state index contributed by atoms with van der Waals surface area (Å²) in [6.07, 6.45) is 0.945. The van der Waals surface area contributed by atoms with Crippen molar-refractivity contribution in [1.29, 1.82) is 0 Å². The van der Waals surface area contributed by atoms with E-state index in [0.717, 1.165) is 13.1 Å². The Morgan fingerprint density at radius 2 is 2.18 bits per heavy atom. The predicted molar refractivity (Wildman–Crippen MR) is 43.4 cm³/mol. The summed E-state index contributed by atoms with van der Waals surface area (Å²) in [5.74, 6) is -0.730. The lowest BCUT2D eigenvalue weighted by atomic mass is 10.3. The summed E-state index contributed by atoms with van der Waals surface area (Å²) in [4.78, 5) is 12.1. The lowest BCUT2D eigenvalue weighted by molar-refractivity contribution is -0.137. The highest BCUT2D eigenvalue weighted by molar-refractivity contribution is 5.66. The molecule has 0 unspecified atom stereocenters. The van der Waals surface area contributed by atoms with Crippen LogP contribution in [-0.4, -0.2) is 42.7 Å². The van der Waals surface area contributed by atoms with E-state index in [4.69, 9.17) is 10.8 Å². The third-order valence-corrected chi connectivity index (χ3v) is 1.44. The Morgan fingerprint density at radius 3 is 2.64 bits per heavy atom. The minimum atomic E-state index is -0.730. The van der Waals surface area contributed by atoms with Gasteiger partial charge in [-0.05, 0) is 20.0 Å². The van der Waals surface area contributed by atoms with E-state index in [1.807, 2.05) is 11.9 Å². The number of hydrogen-bond acceptors (Lipinski definition) is 3. The van der Waals surface area contributed by atoms with Gasteiger partial charge in [0.1, 0.15) is 0 Å². The van der Waals surface area contributed by atoms with Gasteiger partial charge in [0, 0.05) is 19.5 Å². The molecule has 0 atom stereocenters. The zero-order valence-corrected chi connectivity index (χ0v) is 6.92. The molecule has 0 aromatic carbocycles. The first-order chi connectivity index (χ1) is 5.16. The minimum Gasteiger partial charge on any atom is -0.481 e. The van der Waals surface area contributed by atoms with Gasteiger partial charge in [0.05, 0.1) is 0 Å². The Hall–Kier alpha value is -0.610. The largest absolute Gasteiger partial charge is 0.481 e. The molecule has 0 saturated heterocycles. The summed E-state index contributed by atoms with van der Waals surface area (Å²) in [6, 6.07) is 0. The van der Waals surface area contributed by atoms with Gasteiger partial charge in [-0.25, -0.2) is 0 Å². The van der Waals surface area contributed by atoms with Crippen LogP contribution in [0.5, 0.6) is 0 Å². The molecule has 0 heterocycles. The van der Waals surface area contributed by atoms with Crippen molar-refractivity contribution in [3.63, 3.8) is 0 Å². The first kappa shape index (κ1) is 10.4. The lowest BCUT2D eigenvalue weighted by Crippen LogP contribution is -2.26. The van der Waals surface area contributed by atoms with Crippen molar-refractivity contribution in [2.75, 3.05) is 26.7 Å². The number of aliphatic carboxylic acids is 1. The Bertz CT molecular complexity index is 117. The highest BCUT2D eigenvalue weighted by Crippen LogP contribution is 1.91. The molecule has 0 saturated carbocycles. The molecular formula is C7H16N2O2. The van der Waals surface area contributed by atoms with E-state index in [1.54, 1.807) is 0 Å². The van der Waals surface area contributed by atoms with Crippen LogP contribution in [0.1, 0.15) is 12.8 Å². The number of rotatable bonds is 6. The second-order valence-corrected chi connectivity index (χ2v) is 2.59. The average Bonchev–Trinajstić information content (AvgIpc) is 1.87. The molecule has 3 N–H and O–H groups in total. The van der Waals surface area contributed by atoms with Crippen LogP contribution in [0.2, 0.25) is 0 Å². The number of nitrogens with two attached hydrogens (primary N) is 1. The maximum Gasteiger partial charge on any atom is 0.303 e. The van der Waals surface area contributed by atoms with Crippen LogP contribution in [0.3, 0.4) is 0 Å². The van der Waals surface area contributed by atoms with Crippen LogP contribution in [-0.2, 0) is 4.79 Å². The number of likely N-dealkylation sites (N-methyl/N-ethyl adjacent to an activating group) is 1. The zero-order chi connectivity index (χ0) is 8.69. The van der Waals surface area contributed by atoms with Crippen molar-refractivity contribution in [2.24, 2.45) is 5.73 Å². The maximum absolute atomic E-state index is 10.1. The summed E-state index contributed by atoms with van der Waals surface area (Å²) in [5, 5.41) is 8.31. The summed E-state index contributed by atoms with van der Waals surface area (Å²) in [5.41, 5.74) is 5.30. The van der Waals surface area contributed by atoms with Gasteiger partial charge in [-0.1, -0.05) is 0 Å². The van der Waals surface area contributed by atoms with Crippen molar-refractivity contribution in [2.45, 2.75) is 12.8 Å². The normalized spacial score (nSPS) is 10.5. The number of carbonyl (C=O) groups is 1. The molecule has 0 aliphatic carbocycles. The maximum atomic E-state index is 10.1. The van der Waals surface area contributed by atoms with Gasteiger partial charge in [-0.2, -0.15) is 0 Å². The zero-order valence-electron chi connectivity index (χ0n) is 6.92. The number of nitrogens with zero attached hydrogens (tertiary/aromatic N) is 1. The smallest absolute Gasteiger partial charge is 0.303 e. The highest BCUT2D eigenvalue weighted by Gasteiger charge is 1.99. The summed E-state index contributed by atoms with van der Waals surface area (Å²) in [6.45, 7) is 2.27. The van der Waals surface area contributed by atoms with Gasteiger partial charge >= 0.3 is 5.97 Å². The molecule has 4 nitrogen and oxygen atoms in total. The Balaban J connectivity index is 3.16. The fourth-order valence-corrected chi connectivity index (χ4v) is 0.832. The fourth-order valence-electron chi connectivity index (χ4n) is 0.832. The van der Waals surface area contributed by atoms with Gasteiger partial charge in [0.25, 0.3) is 0 Å². The molecule has 0 aliphatic rings. The standard InChI is InChI=1S/C7H16N2O2/c1-9(6-4-8)5-2-3-7(10)11/h2-6,8H2,1H3,(H,10,11). The van der Waals surface area contributed by atoms with Gasteiger partial charge in [0.15, 0.2) is 0 Å². The Kier molecular flexibility index (Phi) is 5.78. The topological polar surface area (TPSA) is 66.6 Å². The van der Waals surface area contributed by atoms with Crippen LogP contribution in [0.4, 0.5) is 0 Å². The molecule has 0 aromatic rings. The molecule has 0 aromatic heterocycles. The summed E-state index contributed by atoms with van der Waals surface area (Å²) in [7, 11) is 1.94. The summed E-state index contributed by atoms with van der Waals surface area (Å²) < 4.78 is 0. The van der Waals surface area contributed by atoms with Crippen LogP contribution < -0.4 is 5.73 Å². The monoisotopic (exact) mass is 160 g/mol. The van der Waals surface area contributed by atoms with Crippen LogP contribution in [0.15, 0.2) is 0 Å². The second-order valence-electron chi connectivity index (χ2n) is 2.59. The first-order valence-electron chi connectivity index (χ1n) is 3.77. The summed E-state index contributed by atoms with van der Waals surface area (Å²) >= 11 is 0. The van der Waals surface area contributed by atoms with Gasteiger partial charge < -0.3 is 15.7 Å². The molecule has 0 amide bonds. The molecule has 66 valence electrons. The van der Waals surface area contributed by atoms with Gasteiger partial charge in [0.2, 0.25) is 0 Å². The van der Waals surface area contributed by atoms with Crippen LogP contribution in [0.25, 0.3) is 0 Å². The molecule has 0 bridgehead atoms. The quantitative estimate of drug-likeness (QED) is 0.562. The van der Waals surface area contributed by atoms with Crippen molar-refractivity contribution in [3.05, 3.63) is 0 Å². The molecule has 0 rings (SSSR count). The number of hydrogen-bond donors (Lipinski definition) is 2. The van der Waals surface area contributed by atoms with Crippen LogP contribution in [0, 0.1) is 0 Å². The van der Waals surface area contributed by atoms with E-state index in [2.05, 4.69) is 0 Å². The van der Waals surface area contributed by atoms with E-state index in [1.165, 1.54) is 0 Å². The van der Waals surface area contributed by atoms with Crippen molar-refractivity contribution >= 4 is 5.97 Å². The van der Waals surface area contributed by atoms with Crippen molar-refractivity contribution in [3.8, 4) is 0 Å².